The van der Waals surface area contributed by atoms with Crippen LogP contribution >= 0.6 is 0 Å². The fourth-order valence-corrected chi connectivity index (χ4v) is 2.59. The summed E-state index contributed by atoms with van der Waals surface area (Å²) in [5, 5.41) is 21.7. The molecule has 0 atom stereocenters. The van der Waals surface area contributed by atoms with E-state index in [1.807, 2.05) is 30.5 Å². The van der Waals surface area contributed by atoms with Gasteiger partial charge in [0.15, 0.2) is 5.82 Å². The number of nitrogens with two attached hydrogens (primary N) is 1. The fraction of sp³-hybridized carbons (Fsp3) is 0.158. The molecule has 6 heteroatoms. The van der Waals surface area contributed by atoms with Gasteiger partial charge in [-0.05, 0) is 37.1 Å². The van der Waals surface area contributed by atoms with E-state index < -0.39 is 0 Å². The van der Waals surface area contributed by atoms with Gasteiger partial charge in [0.25, 0.3) is 0 Å². The average molecular weight is 330 g/mol. The molecule has 0 aliphatic heterocycles. The number of nitrogens with one attached hydrogen (secondary N) is 2. The molecule has 3 aromatic rings. The molecule has 1 aliphatic rings. The maximum absolute atomic E-state index is 7.44. The molecule has 25 heavy (non-hydrogen) atoms. The van der Waals surface area contributed by atoms with Crippen molar-refractivity contribution in [3.05, 3.63) is 60.3 Å². The number of hydrogen-bond donors (Lipinski definition) is 3. The molecule has 1 fully saturated rings. The van der Waals surface area contributed by atoms with Crippen LogP contribution in [0.3, 0.4) is 0 Å². The van der Waals surface area contributed by atoms with Crippen molar-refractivity contribution in [1.82, 2.24) is 4.98 Å². The third-order valence-electron chi connectivity index (χ3n) is 4.13. The van der Waals surface area contributed by atoms with Crippen LogP contribution in [0.4, 0.5) is 17.2 Å². The summed E-state index contributed by atoms with van der Waals surface area (Å²) in [7, 11) is 0. The summed E-state index contributed by atoms with van der Waals surface area (Å²) in [5.41, 5.74) is 7.60. The number of azo groups is 1. The van der Waals surface area contributed by atoms with Crippen molar-refractivity contribution in [2.24, 2.45) is 16.0 Å². The zero-order valence-corrected chi connectivity index (χ0v) is 13.6. The van der Waals surface area contributed by atoms with Gasteiger partial charge in [-0.1, -0.05) is 24.3 Å². The molecule has 1 saturated carbocycles. The average Bonchev–Trinajstić information content (AvgIpc) is 3.45. The van der Waals surface area contributed by atoms with Crippen LogP contribution in [-0.4, -0.2) is 16.9 Å². The first kappa shape index (κ1) is 15.3. The lowest BCUT2D eigenvalue weighted by Gasteiger charge is -2.09. The number of pyridine rings is 1. The minimum absolute atomic E-state index is 0.0395. The van der Waals surface area contributed by atoms with Crippen molar-refractivity contribution in [2.75, 3.05) is 5.32 Å². The van der Waals surface area contributed by atoms with Gasteiger partial charge >= 0.3 is 0 Å². The zero-order chi connectivity index (χ0) is 17.2. The molecule has 6 nitrogen and oxygen atoms in total. The molecule has 0 saturated heterocycles. The van der Waals surface area contributed by atoms with E-state index >= 15 is 0 Å². The highest BCUT2D eigenvalue weighted by atomic mass is 15.1. The van der Waals surface area contributed by atoms with Gasteiger partial charge < -0.3 is 11.1 Å². The van der Waals surface area contributed by atoms with Crippen molar-refractivity contribution >= 4 is 33.8 Å². The van der Waals surface area contributed by atoms with Gasteiger partial charge in [0, 0.05) is 28.6 Å². The number of hydrogen-bond acceptors (Lipinski definition) is 5. The Morgan fingerprint density at radius 2 is 1.84 bits per heavy atom. The number of anilines is 1. The number of nitrogen functional groups attached to an aromatic ring is 1. The number of amidine groups is 1. The highest BCUT2D eigenvalue weighted by Gasteiger charge is 2.23. The maximum Gasteiger partial charge on any atom is 0.154 e. The third kappa shape index (κ3) is 3.33. The fourth-order valence-electron chi connectivity index (χ4n) is 2.59. The van der Waals surface area contributed by atoms with Crippen molar-refractivity contribution in [3.8, 4) is 0 Å². The number of fused-ring (bicyclic) bond motifs is 1. The summed E-state index contributed by atoms with van der Waals surface area (Å²) in [6.07, 6.45) is 4.19. The predicted molar refractivity (Wildman–Crippen MR) is 100 cm³/mol. The lowest BCUT2D eigenvalue weighted by molar-refractivity contribution is 1.10. The largest absolute Gasteiger partial charge is 0.384 e. The van der Waals surface area contributed by atoms with Gasteiger partial charge in [-0.2, -0.15) is 5.11 Å². The molecule has 1 aliphatic carbocycles. The molecule has 124 valence electrons. The van der Waals surface area contributed by atoms with Crippen molar-refractivity contribution in [2.45, 2.75) is 18.9 Å². The number of nitrogens with zero attached hydrogens (tertiary/aromatic N) is 3. The van der Waals surface area contributed by atoms with E-state index in [4.69, 9.17) is 11.1 Å². The molecule has 2 aromatic carbocycles. The van der Waals surface area contributed by atoms with E-state index in [1.54, 1.807) is 24.3 Å². The van der Waals surface area contributed by atoms with E-state index in [9.17, 15) is 0 Å². The van der Waals surface area contributed by atoms with Crippen molar-refractivity contribution in [3.63, 3.8) is 0 Å². The number of aromatic nitrogens is 1. The normalized spacial score (nSPS) is 14.1. The number of rotatable bonds is 5. The molecule has 1 heterocycles. The Morgan fingerprint density at radius 1 is 1.08 bits per heavy atom. The molecule has 1 aromatic heterocycles. The Labute approximate surface area is 145 Å². The minimum Gasteiger partial charge on any atom is -0.384 e. The highest BCUT2D eigenvalue weighted by Crippen LogP contribution is 2.36. The third-order valence-corrected chi connectivity index (χ3v) is 4.13. The van der Waals surface area contributed by atoms with E-state index in [-0.39, 0.29) is 5.84 Å². The van der Waals surface area contributed by atoms with Crippen LogP contribution in [0.1, 0.15) is 18.4 Å². The van der Waals surface area contributed by atoms with Gasteiger partial charge in [0.2, 0.25) is 0 Å². The Kier molecular flexibility index (Phi) is 3.85. The molecule has 4 rings (SSSR count). The molecular formula is C19H18N6. The van der Waals surface area contributed by atoms with Crippen LogP contribution in [-0.2, 0) is 0 Å². The van der Waals surface area contributed by atoms with Crippen LogP contribution in [0.25, 0.3) is 10.8 Å². The molecule has 0 radical (unpaired) electrons. The number of benzene rings is 2. The summed E-state index contributed by atoms with van der Waals surface area (Å²) in [5.74, 6) is 0.808. The first-order valence-electron chi connectivity index (χ1n) is 8.21. The summed E-state index contributed by atoms with van der Waals surface area (Å²) in [4.78, 5) is 4.53. The topological polar surface area (TPSA) is 99.5 Å². The lowest BCUT2D eigenvalue weighted by Crippen LogP contribution is -2.10. The van der Waals surface area contributed by atoms with E-state index in [0.717, 1.165) is 35.1 Å². The van der Waals surface area contributed by atoms with Crippen LogP contribution in [0, 0.1) is 5.41 Å². The first-order chi connectivity index (χ1) is 12.2. The second-order valence-corrected chi connectivity index (χ2v) is 6.12. The second-order valence-electron chi connectivity index (χ2n) is 6.12. The lowest BCUT2D eigenvalue weighted by atomic mass is 10.1. The molecule has 0 spiro atoms. The van der Waals surface area contributed by atoms with Gasteiger partial charge in [0.05, 0.1) is 5.69 Å². The Bertz CT molecular complexity index is 957. The smallest absolute Gasteiger partial charge is 0.154 e. The Morgan fingerprint density at radius 3 is 2.56 bits per heavy atom. The van der Waals surface area contributed by atoms with E-state index in [1.165, 1.54) is 0 Å². The quantitative estimate of drug-likeness (QED) is 0.364. The maximum atomic E-state index is 7.44. The molecular weight excluding hydrogens is 312 g/mol. The van der Waals surface area contributed by atoms with Crippen molar-refractivity contribution in [1.29, 1.82) is 5.41 Å². The van der Waals surface area contributed by atoms with Gasteiger partial charge in [-0.25, -0.2) is 4.98 Å². The minimum atomic E-state index is 0.0395. The summed E-state index contributed by atoms with van der Waals surface area (Å²) in [6, 6.07) is 15.6. The Balaban J connectivity index is 1.72. The predicted octanol–water partition coefficient (Wildman–Crippen LogP) is 4.51. The van der Waals surface area contributed by atoms with Gasteiger partial charge in [0.1, 0.15) is 11.5 Å². The van der Waals surface area contributed by atoms with Gasteiger partial charge in [-0.15, -0.1) is 5.11 Å². The molecule has 0 bridgehead atoms. The Hall–Kier alpha value is -3.28. The van der Waals surface area contributed by atoms with E-state index in [2.05, 4.69) is 20.5 Å². The highest BCUT2D eigenvalue weighted by molar-refractivity contribution is 5.97. The summed E-state index contributed by atoms with van der Waals surface area (Å²) in [6.45, 7) is 0. The summed E-state index contributed by atoms with van der Waals surface area (Å²) < 4.78 is 0. The van der Waals surface area contributed by atoms with Gasteiger partial charge in [-0.3, -0.25) is 5.41 Å². The standard InChI is InChI=1S/C19H18N6/c20-18(21)12-5-7-15(8-6-12)24-25-17-16-4-2-1-3-13(16)11-22-19(17)23-14-9-10-14/h1-8,11,14H,9-10H2,(H3,20,21)(H,22,23). The summed E-state index contributed by atoms with van der Waals surface area (Å²) >= 11 is 0. The second kappa shape index (κ2) is 6.32. The zero-order valence-electron chi connectivity index (χ0n) is 13.6. The van der Waals surface area contributed by atoms with Crippen LogP contribution in [0.2, 0.25) is 0 Å². The SMILES string of the molecule is N=C(N)c1ccc(N=Nc2c(NC3CC3)ncc3ccccc23)cc1. The molecule has 4 N–H and O–H groups in total. The van der Waals surface area contributed by atoms with Crippen LogP contribution in [0.5, 0.6) is 0 Å². The van der Waals surface area contributed by atoms with Crippen molar-refractivity contribution < 1.29 is 0 Å². The van der Waals surface area contributed by atoms with Crippen LogP contribution < -0.4 is 11.1 Å². The monoisotopic (exact) mass is 330 g/mol. The first-order valence-corrected chi connectivity index (χ1v) is 8.21. The molecule has 0 unspecified atom stereocenters. The van der Waals surface area contributed by atoms with E-state index in [0.29, 0.717) is 17.3 Å². The molecule has 0 amide bonds. The van der Waals surface area contributed by atoms with Crippen LogP contribution in [0.15, 0.2) is 65.0 Å².